The van der Waals surface area contributed by atoms with Gasteiger partial charge in [-0.15, -0.1) is 0 Å². The summed E-state index contributed by atoms with van der Waals surface area (Å²) in [5.74, 6) is 0. The molecule has 0 amide bonds. The van der Waals surface area contributed by atoms with E-state index >= 15 is 0 Å². The van der Waals surface area contributed by atoms with E-state index in [1.165, 1.54) is 11.3 Å². The van der Waals surface area contributed by atoms with Crippen LogP contribution in [0.1, 0.15) is 20.8 Å². The van der Waals surface area contributed by atoms with Crippen LogP contribution in [0.3, 0.4) is 0 Å². The number of nitrogens with one attached hydrogen (secondary N) is 2. The largest absolute Gasteiger partial charge is 0.385 e. The lowest BCUT2D eigenvalue weighted by Crippen LogP contribution is -2.32. The lowest BCUT2D eigenvalue weighted by Gasteiger charge is -2.18. The van der Waals surface area contributed by atoms with Crippen molar-refractivity contribution in [2.45, 2.75) is 20.8 Å². The lowest BCUT2D eigenvalue weighted by molar-refractivity contribution is 0.357. The van der Waals surface area contributed by atoms with Crippen molar-refractivity contribution in [3.05, 3.63) is 23.9 Å². The molecule has 0 bridgehead atoms. The summed E-state index contributed by atoms with van der Waals surface area (Å²) in [7, 11) is 2.13. The first-order valence-corrected chi connectivity index (χ1v) is 6.02. The smallest absolute Gasteiger partial charge is 0.0366 e. The summed E-state index contributed by atoms with van der Waals surface area (Å²) in [6.45, 7) is 15.3. The van der Waals surface area contributed by atoms with E-state index in [2.05, 4.69) is 49.1 Å². The Bertz CT molecular complexity index is 221. The molecule has 16 heavy (non-hydrogen) atoms. The Morgan fingerprint density at radius 2 is 2.12 bits per heavy atom. The van der Waals surface area contributed by atoms with Crippen LogP contribution in [-0.2, 0) is 0 Å². The van der Waals surface area contributed by atoms with Gasteiger partial charge in [-0.25, -0.2) is 0 Å². The van der Waals surface area contributed by atoms with E-state index in [9.17, 15) is 0 Å². The summed E-state index contributed by atoms with van der Waals surface area (Å²) >= 11 is 0. The molecule has 0 saturated carbocycles. The van der Waals surface area contributed by atoms with Gasteiger partial charge in [-0.2, -0.15) is 0 Å². The second-order valence-corrected chi connectivity index (χ2v) is 4.17. The van der Waals surface area contributed by atoms with Crippen molar-refractivity contribution in [1.82, 2.24) is 15.5 Å². The summed E-state index contributed by atoms with van der Waals surface area (Å²) < 4.78 is 0. The van der Waals surface area contributed by atoms with Crippen LogP contribution < -0.4 is 10.6 Å². The van der Waals surface area contributed by atoms with Gasteiger partial charge in [-0.3, -0.25) is 0 Å². The first-order chi connectivity index (χ1) is 7.60. The Morgan fingerprint density at radius 3 is 2.69 bits per heavy atom. The standard InChI is InChI=1S/C13H27N3/c1-6-13(4)15-10-12(3)11-16(5)9-8-14-7-2/h6,14-15H,3,7-11H2,1-2,4-5H3/b13-6-. The fraction of sp³-hybridized carbons (Fsp3) is 0.692. The molecule has 0 aliphatic heterocycles. The lowest BCUT2D eigenvalue weighted by atomic mass is 10.2. The fourth-order valence-corrected chi connectivity index (χ4v) is 1.33. The maximum absolute atomic E-state index is 4.08. The minimum Gasteiger partial charge on any atom is -0.385 e. The Labute approximate surface area is 101 Å². The molecule has 0 heterocycles. The van der Waals surface area contributed by atoms with Crippen LogP contribution in [0.15, 0.2) is 23.9 Å². The molecule has 0 aliphatic carbocycles. The highest BCUT2D eigenvalue weighted by molar-refractivity contribution is 5.04. The molecule has 2 N–H and O–H groups in total. The van der Waals surface area contributed by atoms with Gasteiger partial charge in [0.15, 0.2) is 0 Å². The molecular weight excluding hydrogens is 198 g/mol. The summed E-state index contributed by atoms with van der Waals surface area (Å²) in [5.41, 5.74) is 2.43. The first kappa shape index (κ1) is 15.2. The number of likely N-dealkylation sites (N-methyl/N-ethyl adjacent to an activating group) is 2. The highest BCUT2D eigenvalue weighted by atomic mass is 15.1. The Hall–Kier alpha value is -0.800. The van der Waals surface area contributed by atoms with E-state index in [1.54, 1.807) is 0 Å². The average Bonchev–Trinajstić information content (AvgIpc) is 2.26. The molecule has 0 aliphatic rings. The number of hydrogen-bond acceptors (Lipinski definition) is 3. The van der Waals surface area contributed by atoms with Crippen molar-refractivity contribution in [2.24, 2.45) is 0 Å². The third-order valence-corrected chi connectivity index (χ3v) is 2.46. The van der Waals surface area contributed by atoms with E-state index in [1.807, 2.05) is 6.92 Å². The van der Waals surface area contributed by atoms with Crippen molar-refractivity contribution in [2.75, 3.05) is 39.8 Å². The van der Waals surface area contributed by atoms with Gasteiger partial charge in [0.1, 0.15) is 0 Å². The van der Waals surface area contributed by atoms with E-state index in [4.69, 9.17) is 0 Å². The molecule has 0 radical (unpaired) electrons. The van der Waals surface area contributed by atoms with Crippen molar-refractivity contribution < 1.29 is 0 Å². The average molecular weight is 225 g/mol. The minimum absolute atomic E-state index is 0.863. The van der Waals surface area contributed by atoms with Crippen LogP contribution in [0.4, 0.5) is 0 Å². The number of hydrogen-bond donors (Lipinski definition) is 2. The molecule has 0 aromatic carbocycles. The topological polar surface area (TPSA) is 27.3 Å². The zero-order chi connectivity index (χ0) is 12.4. The Morgan fingerprint density at radius 1 is 1.44 bits per heavy atom. The summed E-state index contributed by atoms with van der Waals surface area (Å²) in [6.07, 6.45) is 2.07. The van der Waals surface area contributed by atoms with Crippen molar-refractivity contribution >= 4 is 0 Å². The molecular formula is C13H27N3. The molecule has 0 aromatic heterocycles. The highest BCUT2D eigenvalue weighted by Gasteiger charge is 2.00. The van der Waals surface area contributed by atoms with Crippen LogP contribution in [0.2, 0.25) is 0 Å². The van der Waals surface area contributed by atoms with Crippen LogP contribution in [-0.4, -0.2) is 44.7 Å². The third kappa shape index (κ3) is 8.50. The van der Waals surface area contributed by atoms with Crippen molar-refractivity contribution in [1.29, 1.82) is 0 Å². The molecule has 0 rings (SSSR count). The molecule has 0 spiro atoms. The number of nitrogens with zero attached hydrogens (tertiary/aromatic N) is 1. The SMILES string of the molecule is C=C(CN/C(C)=C\C)CN(C)CCNCC. The van der Waals surface area contributed by atoms with Gasteiger partial charge < -0.3 is 15.5 Å². The zero-order valence-electron chi connectivity index (χ0n) is 11.3. The normalized spacial score (nSPS) is 11.9. The van der Waals surface area contributed by atoms with Gasteiger partial charge >= 0.3 is 0 Å². The van der Waals surface area contributed by atoms with Gasteiger partial charge in [0.2, 0.25) is 0 Å². The van der Waals surface area contributed by atoms with Crippen LogP contribution in [0.25, 0.3) is 0 Å². The molecule has 3 heteroatoms. The maximum Gasteiger partial charge on any atom is 0.0366 e. The summed E-state index contributed by atoms with van der Waals surface area (Å²) in [6, 6.07) is 0. The second kappa shape index (κ2) is 9.43. The van der Waals surface area contributed by atoms with Gasteiger partial charge in [0, 0.05) is 31.9 Å². The van der Waals surface area contributed by atoms with Gasteiger partial charge in [0.25, 0.3) is 0 Å². The Balaban J connectivity index is 3.62. The zero-order valence-corrected chi connectivity index (χ0v) is 11.3. The van der Waals surface area contributed by atoms with E-state index in [0.717, 1.165) is 32.7 Å². The van der Waals surface area contributed by atoms with Gasteiger partial charge in [-0.1, -0.05) is 19.6 Å². The summed E-state index contributed by atoms with van der Waals surface area (Å²) in [4.78, 5) is 2.29. The molecule has 0 saturated heterocycles. The summed E-state index contributed by atoms with van der Waals surface area (Å²) in [5, 5.41) is 6.64. The quantitative estimate of drug-likeness (QED) is 0.461. The maximum atomic E-state index is 4.08. The van der Waals surface area contributed by atoms with Crippen LogP contribution >= 0.6 is 0 Å². The van der Waals surface area contributed by atoms with Crippen molar-refractivity contribution in [3.63, 3.8) is 0 Å². The predicted molar refractivity (Wildman–Crippen MR) is 72.6 cm³/mol. The van der Waals surface area contributed by atoms with Crippen LogP contribution in [0.5, 0.6) is 0 Å². The van der Waals surface area contributed by atoms with Crippen molar-refractivity contribution in [3.8, 4) is 0 Å². The molecule has 0 fully saturated rings. The molecule has 0 unspecified atom stereocenters. The number of allylic oxidation sites excluding steroid dienone is 2. The fourth-order valence-electron chi connectivity index (χ4n) is 1.33. The minimum atomic E-state index is 0.863. The van der Waals surface area contributed by atoms with Crippen LogP contribution in [0, 0.1) is 0 Å². The van der Waals surface area contributed by atoms with E-state index in [-0.39, 0.29) is 0 Å². The predicted octanol–water partition coefficient (Wildman–Crippen LogP) is 1.60. The van der Waals surface area contributed by atoms with E-state index in [0.29, 0.717) is 0 Å². The van der Waals surface area contributed by atoms with E-state index < -0.39 is 0 Å². The van der Waals surface area contributed by atoms with Gasteiger partial charge in [-0.05, 0) is 33.0 Å². The highest BCUT2D eigenvalue weighted by Crippen LogP contribution is 1.94. The second-order valence-electron chi connectivity index (χ2n) is 4.17. The molecule has 94 valence electrons. The Kier molecular flexibility index (Phi) is 8.96. The third-order valence-electron chi connectivity index (χ3n) is 2.46. The van der Waals surface area contributed by atoms with Gasteiger partial charge in [0.05, 0.1) is 0 Å². The molecule has 0 aromatic rings. The number of rotatable bonds is 9. The first-order valence-electron chi connectivity index (χ1n) is 6.02. The monoisotopic (exact) mass is 225 g/mol. The molecule has 0 atom stereocenters. The molecule has 3 nitrogen and oxygen atoms in total.